The van der Waals surface area contributed by atoms with Gasteiger partial charge in [0, 0.05) is 43.4 Å². The van der Waals surface area contributed by atoms with Gasteiger partial charge in [0.2, 0.25) is 0 Å². The molecule has 0 radical (unpaired) electrons. The Hall–Kier alpha value is -4.58. The molecule has 2 aliphatic rings. The van der Waals surface area contributed by atoms with Crippen LogP contribution in [0.25, 0.3) is 43.6 Å². The standard InChI is InChI=1S/C32H27N3O11S/c36-9-14-3-4-15(47-14)11-45-35-30(43)23-21-16-5-1-12(38)7-18(16)33-25(21)26-22(24(23)31(35)44)17-6-2-13(39)8-19(17)34(26)32-29(42)28(41)27(40)20(10-37)46-32/h1-8,20,27-29,32-33,36-42H,9-11H2. The van der Waals surface area contributed by atoms with Crippen LogP contribution in [0.3, 0.4) is 0 Å². The van der Waals surface area contributed by atoms with Gasteiger partial charge in [0.05, 0.1) is 46.4 Å². The number of hydroxylamine groups is 2. The molecule has 6 aromatic rings. The van der Waals surface area contributed by atoms with Crippen LogP contribution in [0.15, 0.2) is 48.5 Å². The van der Waals surface area contributed by atoms with Crippen LogP contribution < -0.4 is 0 Å². The highest BCUT2D eigenvalue weighted by Crippen LogP contribution is 2.48. The molecule has 242 valence electrons. The number of ether oxygens (including phenoxy) is 1. The first-order valence-electron chi connectivity index (χ1n) is 14.6. The number of aliphatic hydroxyl groups is 5. The minimum atomic E-state index is -1.74. The molecule has 5 atom stereocenters. The fourth-order valence-electron chi connectivity index (χ4n) is 6.78. The number of carbonyl (C=O) groups excluding carboxylic acids is 2. The summed E-state index contributed by atoms with van der Waals surface area (Å²) in [4.78, 5) is 38.8. The summed E-state index contributed by atoms with van der Waals surface area (Å²) in [5.74, 6) is -1.75. The summed E-state index contributed by atoms with van der Waals surface area (Å²) in [7, 11) is 0. The van der Waals surface area contributed by atoms with Gasteiger partial charge in [-0.05, 0) is 36.4 Å². The molecule has 0 aliphatic carbocycles. The van der Waals surface area contributed by atoms with Gasteiger partial charge in [0.1, 0.15) is 42.5 Å². The number of fused-ring (bicyclic) bond motifs is 10. The zero-order chi connectivity index (χ0) is 32.9. The van der Waals surface area contributed by atoms with Crippen LogP contribution in [-0.2, 0) is 22.8 Å². The third-order valence-electron chi connectivity index (χ3n) is 8.88. The fraction of sp³-hybridized carbons (Fsp3) is 0.250. The Labute approximate surface area is 267 Å². The van der Waals surface area contributed by atoms with E-state index in [1.807, 2.05) is 0 Å². The number of aliphatic hydroxyl groups excluding tert-OH is 5. The summed E-state index contributed by atoms with van der Waals surface area (Å²) < 4.78 is 7.43. The SMILES string of the molecule is O=C1c2c(c3c4ccc(O)cc4n(C4OC(CO)C(O)C(O)C4O)c3c3[nH]c4cc(O)ccc4c23)C(=O)N1OCc1ccc(CO)s1. The number of hydrogen-bond donors (Lipinski definition) is 8. The molecular weight excluding hydrogens is 634 g/mol. The van der Waals surface area contributed by atoms with E-state index in [-0.39, 0.29) is 52.3 Å². The molecule has 3 aromatic heterocycles. The summed E-state index contributed by atoms with van der Waals surface area (Å²) in [5.41, 5.74) is 1.22. The first kappa shape index (κ1) is 29.8. The number of aromatic hydroxyl groups is 2. The predicted octanol–water partition coefficient (Wildman–Crippen LogP) is 2.09. The molecule has 1 fully saturated rings. The maximum Gasteiger partial charge on any atom is 0.286 e. The van der Waals surface area contributed by atoms with Crippen molar-refractivity contribution in [2.45, 2.75) is 43.9 Å². The molecule has 2 aliphatic heterocycles. The molecule has 0 spiro atoms. The Balaban J connectivity index is 1.44. The minimum Gasteiger partial charge on any atom is -0.508 e. The number of amides is 2. The number of phenols is 2. The Morgan fingerprint density at radius 1 is 0.830 bits per heavy atom. The number of carbonyl (C=O) groups is 2. The van der Waals surface area contributed by atoms with E-state index < -0.39 is 49.1 Å². The molecule has 2 amide bonds. The fourth-order valence-corrected chi connectivity index (χ4v) is 7.57. The number of aromatic nitrogens is 2. The lowest BCUT2D eigenvalue weighted by Crippen LogP contribution is -2.56. The summed E-state index contributed by atoms with van der Waals surface area (Å²) in [6, 6.07) is 12.2. The van der Waals surface area contributed by atoms with Gasteiger partial charge in [0.15, 0.2) is 6.23 Å². The van der Waals surface area contributed by atoms with E-state index in [0.29, 0.717) is 42.0 Å². The topological polar surface area (TPSA) is 218 Å². The van der Waals surface area contributed by atoms with E-state index in [9.17, 15) is 45.3 Å². The number of thiophene rings is 1. The molecule has 3 aromatic carbocycles. The normalized spacial score (nSPS) is 23.3. The van der Waals surface area contributed by atoms with Crippen LogP contribution >= 0.6 is 11.3 Å². The average molecular weight is 662 g/mol. The van der Waals surface area contributed by atoms with Crippen molar-refractivity contribution in [3.8, 4) is 11.5 Å². The van der Waals surface area contributed by atoms with Crippen molar-refractivity contribution in [2.24, 2.45) is 0 Å². The van der Waals surface area contributed by atoms with Crippen LogP contribution in [0.1, 0.15) is 36.7 Å². The van der Waals surface area contributed by atoms with Crippen molar-refractivity contribution in [3.05, 3.63) is 69.4 Å². The van der Waals surface area contributed by atoms with E-state index in [4.69, 9.17) is 9.57 Å². The van der Waals surface area contributed by atoms with Crippen LogP contribution in [0.4, 0.5) is 0 Å². The van der Waals surface area contributed by atoms with E-state index in [1.54, 1.807) is 18.2 Å². The Morgan fingerprint density at radius 3 is 2.21 bits per heavy atom. The molecule has 8 rings (SSSR count). The number of benzene rings is 3. The van der Waals surface area contributed by atoms with Crippen molar-refractivity contribution < 1.29 is 54.9 Å². The van der Waals surface area contributed by atoms with Gasteiger partial charge in [0.25, 0.3) is 11.8 Å². The van der Waals surface area contributed by atoms with Gasteiger partial charge in [-0.1, -0.05) is 0 Å². The van der Waals surface area contributed by atoms with Crippen molar-refractivity contribution in [1.82, 2.24) is 14.6 Å². The first-order chi connectivity index (χ1) is 22.6. The largest absolute Gasteiger partial charge is 0.508 e. The molecule has 47 heavy (non-hydrogen) atoms. The third kappa shape index (κ3) is 4.23. The number of H-pyrrole nitrogens is 1. The number of imide groups is 1. The van der Waals surface area contributed by atoms with Gasteiger partial charge in [-0.2, -0.15) is 0 Å². The summed E-state index contributed by atoms with van der Waals surface area (Å²) >= 11 is 1.26. The summed E-state index contributed by atoms with van der Waals surface area (Å²) in [6.07, 6.45) is -7.85. The van der Waals surface area contributed by atoms with E-state index in [1.165, 1.54) is 46.2 Å². The van der Waals surface area contributed by atoms with Crippen LogP contribution in [0, 0.1) is 0 Å². The second-order valence-corrected chi connectivity index (χ2v) is 12.8. The van der Waals surface area contributed by atoms with Gasteiger partial charge in [-0.15, -0.1) is 16.4 Å². The lowest BCUT2D eigenvalue weighted by Gasteiger charge is -2.41. The highest BCUT2D eigenvalue weighted by Gasteiger charge is 2.47. The molecule has 0 bridgehead atoms. The number of hydrogen-bond acceptors (Lipinski definition) is 12. The smallest absolute Gasteiger partial charge is 0.286 e. The first-order valence-corrected chi connectivity index (χ1v) is 15.4. The molecular formula is C32H27N3O11S. The lowest BCUT2D eigenvalue weighted by atomic mass is 9.96. The Bertz CT molecular complexity index is 2270. The highest BCUT2D eigenvalue weighted by atomic mass is 32.1. The maximum absolute atomic E-state index is 14.3. The average Bonchev–Trinajstić information content (AvgIpc) is 3.81. The van der Waals surface area contributed by atoms with Gasteiger partial charge < -0.3 is 50.0 Å². The number of rotatable bonds is 6. The van der Waals surface area contributed by atoms with Crippen LogP contribution in [0.5, 0.6) is 11.5 Å². The van der Waals surface area contributed by atoms with E-state index in [2.05, 4.69) is 4.98 Å². The molecule has 1 saturated heterocycles. The molecule has 5 heterocycles. The molecule has 14 nitrogen and oxygen atoms in total. The van der Waals surface area contributed by atoms with Crippen molar-refractivity contribution in [3.63, 3.8) is 0 Å². The number of phenolic OH excluding ortho intramolecular Hbond substituents is 2. The van der Waals surface area contributed by atoms with Gasteiger partial charge in [-0.3, -0.25) is 14.4 Å². The maximum atomic E-state index is 14.3. The zero-order valence-corrected chi connectivity index (χ0v) is 25.0. The second-order valence-electron chi connectivity index (χ2n) is 11.6. The minimum absolute atomic E-state index is 0.0206. The van der Waals surface area contributed by atoms with Gasteiger partial charge >= 0.3 is 0 Å². The van der Waals surface area contributed by atoms with E-state index >= 15 is 0 Å². The van der Waals surface area contributed by atoms with Crippen LogP contribution in [0.2, 0.25) is 0 Å². The number of nitrogens with zero attached hydrogens (tertiary/aromatic N) is 2. The van der Waals surface area contributed by atoms with Gasteiger partial charge in [-0.25, -0.2) is 0 Å². The number of aromatic amines is 1. The van der Waals surface area contributed by atoms with Crippen molar-refractivity contribution in [2.75, 3.05) is 6.61 Å². The Morgan fingerprint density at radius 2 is 1.51 bits per heavy atom. The monoisotopic (exact) mass is 661 g/mol. The highest BCUT2D eigenvalue weighted by molar-refractivity contribution is 7.11. The molecule has 0 saturated carbocycles. The molecule has 8 N–H and O–H groups in total. The predicted molar refractivity (Wildman–Crippen MR) is 167 cm³/mol. The molecule has 15 heteroatoms. The summed E-state index contributed by atoms with van der Waals surface area (Å²) in [5, 5.41) is 74.9. The summed E-state index contributed by atoms with van der Waals surface area (Å²) in [6.45, 7) is -0.994. The number of nitrogens with one attached hydrogen (secondary N) is 1. The molecule has 5 unspecified atom stereocenters. The van der Waals surface area contributed by atoms with Crippen molar-refractivity contribution >= 4 is 66.8 Å². The van der Waals surface area contributed by atoms with E-state index in [0.717, 1.165) is 0 Å². The second kappa shape index (κ2) is 10.7. The zero-order valence-electron chi connectivity index (χ0n) is 24.2. The lowest BCUT2D eigenvalue weighted by molar-refractivity contribution is -0.249. The third-order valence-corrected chi connectivity index (χ3v) is 9.93. The van der Waals surface area contributed by atoms with Crippen molar-refractivity contribution in [1.29, 1.82) is 0 Å². The Kier molecular flexibility index (Phi) is 6.80. The quantitative estimate of drug-likeness (QED) is 0.121. The van der Waals surface area contributed by atoms with Crippen LogP contribution in [-0.4, -0.2) is 93.2 Å².